The van der Waals surface area contributed by atoms with Gasteiger partial charge < -0.3 is 9.73 Å². The molecule has 3 heteroatoms. The van der Waals surface area contributed by atoms with Gasteiger partial charge in [-0.3, -0.25) is 0 Å². The lowest BCUT2D eigenvalue weighted by Crippen LogP contribution is -2.27. The van der Waals surface area contributed by atoms with Crippen LogP contribution in [0.15, 0.2) is 10.8 Å². The molecule has 0 amide bonds. The maximum Gasteiger partial charge on any atom is 0.181 e. The van der Waals surface area contributed by atoms with Gasteiger partial charge in [-0.15, -0.1) is 0 Å². The SMILES string of the molecule is CC(C)CC1(c2ocnc2CNC2CC2)CCCC1. The van der Waals surface area contributed by atoms with Gasteiger partial charge in [0.2, 0.25) is 0 Å². The summed E-state index contributed by atoms with van der Waals surface area (Å²) in [4.78, 5) is 4.48. The Morgan fingerprint density at radius 2 is 2.11 bits per heavy atom. The highest BCUT2D eigenvalue weighted by Crippen LogP contribution is 2.46. The van der Waals surface area contributed by atoms with Crippen molar-refractivity contribution in [2.75, 3.05) is 0 Å². The van der Waals surface area contributed by atoms with E-state index in [4.69, 9.17) is 4.42 Å². The van der Waals surface area contributed by atoms with Crippen molar-refractivity contribution >= 4 is 0 Å². The fourth-order valence-electron chi connectivity index (χ4n) is 3.71. The minimum absolute atomic E-state index is 0.269. The molecule has 3 rings (SSSR count). The summed E-state index contributed by atoms with van der Waals surface area (Å²) in [5, 5.41) is 3.57. The van der Waals surface area contributed by atoms with Gasteiger partial charge in [-0.05, 0) is 38.0 Å². The second kappa shape index (κ2) is 5.28. The van der Waals surface area contributed by atoms with Crippen molar-refractivity contribution in [1.82, 2.24) is 10.3 Å². The Hall–Kier alpha value is -0.830. The molecule has 1 aromatic rings. The fraction of sp³-hybridized carbons (Fsp3) is 0.812. The molecule has 0 atom stereocenters. The number of rotatable bonds is 6. The molecule has 2 fully saturated rings. The van der Waals surface area contributed by atoms with Crippen LogP contribution >= 0.6 is 0 Å². The zero-order valence-electron chi connectivity index (χ0n) is 12.2. The fourth-order valence-corrected chi connectivity index (χ4v) is 3.71. The number of nitrogens with one attached hydrogen (secondary N) is 1. The van der Waals surface area contributed by atoms with Crippen LogP contribution in [0.2, 0.25) is 0 Å². The Bertz CT molecular complexity index is 414. The van der Waals surface area contributed by atoms with Crippen molar-refractivity contribution in [3.63, 3.8) is 0 Å². The van der Waals surface area contributed by atoms with E-state index in [0.29, 0.717) is 5.92 Å². The summed E-state index contributed by atoms with van der Waals surface area (Å²) in [7, 11) is 0. The summed E-state index contributed by atoms with van der Waals surface area (Å²) in [6, 6.07) is 0.731. The zero-order valence-corrected chi connectivity index (χ0v) is 12.2. The van der Waals surface area contributed by atoms with E-state index in [1.165, 1.54) is 50.7 Å². The maximum absolute atomic E-state index is 5.85. The summed E-state index contributed by atoms with van der Waals surface area (Å²) >= 11 is 0. The molecule has 2 aliphatic rings. The molecule has 19 heavy (non-hydrogen) atoms. The molecule has 0 unspecified atom stereocenters. The van der Waals surface area contributed by atoms with E-state index in [-0.39, 0.29) is 5.41 Å². The van der Waals surface area contributed by atoms with Crippen LogP contribution in [0.5, 0.6) is 0 Å². The Morgan fingerprint density at radius 1 is 1.37 bits per heavy atom. The topological polar surface area (TPSA) is 38.1 Å². The van der Waals surface area contributed by atoms with Gasteiger partial charge >= 0.3 is 0 Å². The van der Waals surface area contributed by atoms with Crippen molar-refractivity contribution in [1.29, 1.82) is 0 Å². The van der Waals surface area contributed by atoms with Gasteiger partial charge in [0.05, 0.1) is 5.69 Å². The molecule has 0 aliphatic heterocycles. The lowest BCUT2D eigenvalue weighted by molar-refractivity contribution is 0.281. The lowest BCUT2D eigenvalue weighted by Gasteiger charge is -2.29. The van der Waals surface area contributed by atoms with E-state index in [1.807, 2.05) is 0 Å². The van der Waals surface area contributed by atoms with Gasteiger partial charge in [-0.1, -0.05) is 26.7 Å². The molecule has 0 bridgehead atoms. The lowest BCUT2D eigenvalue weighted by atomic mass is 9.76. The van der Waals surface area contributed by atoms with Gasteiger partial charge in [-0.2, -0.15) is 0 Å². The van der Waals surface area contributed by atoms with Crippen LogP contribution in [-0.4, -0.2) is 11.0 Å². The predicted octanol–water partition coefficient (Wildman–Crippen LogP) is 3.78. The maximum atomic E-state index is 5.85. The normalized spacial score (nSPS) is 22.3. The standard InChI is InChI=1S/C16H26N2O/c1-12(2)9-16(7-3-4-8-16)15-14(18-11-19-15)10-17-13-5-6-13/h11-13,17H,3-10H2,1-2H3. The number of hydrogen-bond donors (Lipinski definition) is 1. The first-order valence-corrected chi connectivity index (χ1v) is 7.86. The molecule has 0 spiro atoms. The van der Waals surface area contributed by atoms with Gasteiger partial charge in [0, 0.05) is 18.0 Å². The molecular formula is C16H26N2O. The first kappa shape index (κ1) is 13.2. The van der Waals surface area contributed by atoms with Crippen molar-refractivity contribution in [2.24, 2.45) is 5.92 Å². The quantitative estimate of drug-likeness (QED) is 0.847. The van der Waals surface area contributed by atoms with Crippen LogP contribution in [0, 0.1) is 5.92 Å². The third kappa shape index (κ3) is 2.86. The Kier molecular flexibility index (Phi) is 3.66. The molecule has 106 valence electrons. The number of oxazole rings is 1. The summed E-state index contributed by atoms with van der Waals surface area (Å²) in [5.41, 5.74) is 1.43. The van der Waals surface area contributed by atoms with Crippen LogP contribution in [0.4, 0.5) is 0 Å². The zero-order chi connectivity index (χ0) is 13.3. The first-order valence-electron chi connectivity index (χ1n) is 7.86. The average Bonchev–Trinajstić information content (AvgIpc) is 2.88. The predicted molar refractivity (Wildman–Crippen MR) is 76.0 cm³/mol. The molecule has 0 saturated heterocycles. The van der Waals surface area contributed by atoms with Crippen LogP contribution in [0.25, 0.3) is 0 Å². The number of nitrogens with zero attached hydrogens (tertiary/aromatic N) is 1. The third-order valence-electron chi connectivity index (χ3n) is 4.62. The van der Waals surface area contributed by atoms with Crippen LogP contribution in [0.3, 0.4) is 0 Å². The Morgan fingerprint density at radius 3 is 2.74 bits per heavy atom. The number of hydrogen-bond acceptors (Lipinski definition) is 3. The molecule has 0 radical (unpaired) electrons. The minimum atomic E-state index is 0.269. The monoisotopic (exact) mass is 262 g/mol. The molecule has 1 heterocycles. The minimum Gasteiger partial charge on any atom is -0.448 e. The van der Waals surface area contributed by atoms with Crippen LogP contribution < -0.4 is 5.32 Å². The van der Waals surface area contributed by atoms with Gasteiger partial charge in [-0.25, -0.2) is 4.98 Å². The van der Waals surface area contributed by atoms with E-state index in [0.717, 1.165) is 18.3 Å². The van der Waals surface area contributed by atoms with Gasteiger partial charge in [0.25, 0.3) is 0 Å². The first-order chi connectivity index (χ1) is 9.20. The third-order valence-corrected chi connectivity index (χ3v) is 4.62. The van der Waals surface area contributed by atoms with Crippen LogP contribution in [0.1, 0.15) is 70.2 Å². The Balaban J connectivity index is 1.79. The highest BCUT2D eigenvalue weighted by molar-refractivity contribution is 5.21. The van der Waals surface area contributed by atoms with E-state index >= 15 is 0 Å². The summed E-state index contributed by atoms with van der Waals surface area (Å²) in [6.45, 7) is 5.52. The molecule has 0 aromatic carbocycles. The van der Waals surface area contributed by atoms with Crippen LogP contribution in [-0.2, 0) is 12.0 Å². The second-order valence-corrected chi connectivity index (χ2v) is 6.87. The second-order valence-electron chi connectivity index (χ2n) is 6.87. The molecular weight excluding hydrogens is 236 g/mol. The van der Waals surface area contributed by atoms with Gasteiger partial charge in [0.1, 0.15) is 5.76 Å². The van der Waals surface area contributed by atoms with Gasteiger partial charge in [0.15, 0.2) is 6.39 Å². The van der Waals surface area contributed by atoms with Crippen molar-refractivity contribution in [2.45, 2.75) is 76.8 Å². The molecule has 3 nitrogen and oxygen atoms in total. The molecule has 1 N–H and O–H groups in total. The summed E-state index contributed by atoms with van der Waals surface area (Å²) < 4.78 is 5.85. The van der Waals surface area contributed by atoms with E-state index in [1.54, 1.807) is 6.39 Å². The molecule has 1 aromatic heterocycles. The average molecular weight is 262 g/mol. The highest BCUT2D eigenvalue weighted by atomic mass is 16.3. The molecule has 2 aliphatic carbocycles. The summed E-state index contributed by atoms with van der Waals surface area (Å²) in [5.74, 6) is 1.90. The smallest absolute Gasteiger partial charge is 0.181 e. The van der Waals surface area contributed by atoms with Crippen molar-refractivity contribution < 1.29 is 4.42 Å². The van der Waals surface area contributed by atoms with E-state index < -0.39 is 0 Å². The Labute approximate surface area is 116 Å². The van der Waals surface area contributed by atoms with Crippen molar-refractivity contribution in [3.05, 3.63) is 17.8 Å². The highest BCUT2D eigenvalue weighted by Gasteiger charge is 2.41. The molecule has 2 saturated carbocycles. The number of aromatic nitrogens is 1. The van der Waals surface area contributed by atoms with E-state index in [9.17, 15) is 0 Å². The largest absolute Gasteiger partial charge is 0.448 e. The van der Waals surface area contributed by atoms with Crippen molar-refractivity contribution in [3.8, 4) is 0 Å². The summed E-state index contributed by atoms with van der Waals surface area (Å²) in [6.07, 6.45) is 10.8. The van der Waals surface area contributed by atoms with E-state index in [2.05, 4.69) is 24.1 Å².